The average Bonchev–Trinajstić information content (AvgIpc) is 2.81. The van der Waals surface area contributed by atoms with Crippen LogP contribution in [0.2, 0.25) is 0 Å². The summed E-state index contributed by atoms with van der Waals surface area (Å²) in [6.07, 6.45) is -2.40. The molecule has 2 nitrogen and oxygen atoms in total. The molecule has 1 aromatic rings. The highest BCUT2D eigenvalue weighted by Crippen LogP contribution is 2.37. The lowest BCUT2D eigenvalue weighted by molar-refractivity contribution is -0.187. The zero-order valence-corrected chi connectivity index (χ0v) is 10.5. The summed E-state index contributed by atoms with van der Waals surface area (Å²) in [7, 11) is 0. The summed E-state index contributed by atoms with van der Waals surface area (Å²) in [6, 6.07) is 2.54. The number of hydrogen-bond acceptors (Lipinski definition) is 2. The Balaban J connectivity index is 2.04. The zero-order valence-electron chi connectivity index (χ0n) is 9.67. The van der Waals surface area contributed by atoms with E-state index >= 15 is 0 Å². The third-order valence-electron chi connectivity index (χ3n) is 3.25. The van der Waals surface area contributed by atoms with Crippen molar-refractivity contribution in [2.24, 2.45) is 5.92 Å². The van der Waals surface area contributed by atoms with Crippen LogP contribution in [0.4, 0.5) is 13.2 Å². The summed E-state index contributed by atoms with van der Waals surface area (Å²) in [5.74, 6) is -1.80. The minimum Gasteiger partial charge on any atom is -0.348 e. The van der Waals surface area contributed by atoms with Gasteiger partial charge >= 0.3 is 6.18 Å². The third kappa shape index (κ3) is 3.04. The molecule has 1 aliphatic rings. The molecule has 0 radical (unpaired) electrons. The van der Waals surface area contributed by atoms with E-state index < -0.39 is 24.0 Å². The van der Waals surface area contributed by atoms with E-state index in [1.165, 1.54) is 11.3 Å². The highest BCUT2D eigenvalue weighted by atomic mass is 32.1. The summed E-state index contributed by atoms with van der Waals surface area (Å²) < 4.78 is 38.5. The summed E-state index contributed by atoms with van der Waals surface area (Å²) >= 11 is 1.24. The molecule has 1 saturated carbocycles. The molecule has 0 spiro atoms. The smallest absolute Gasteiger partial charge is 0.348 e. The van der Waals surface area contributed by atoms with Crippen molar-refractivity contribution in [1.82, 2.24) is 5.32 Å². The molecule has 6 heteroatoms. The van der Waals surface area contributed by atoms with Crippen LogP contribution in [-0.4, -0.2) is 18.1 Å². The molecule has 2 atom stereocenters. The largest absolute Gasteiger partial charge is 0.393 e. The quantitative estimate of drug-likeness (QED) is 0.879. The normalized spacial score (nSPS) is 24.8. The molecule has 18 heavy (non-hydrogen) atoms. The maximum atomic E-state index is 12.8. The molecule has 0 bridgehead atoms. The number of rotatable bonds is 2. The first-order valence-corrected chi connectivity index (χ1v) is 6.77. The van der Waals surface area contributed by atoms with E-state index in [4.69, 9.17) is 0 Å². The van der Waals surface area contributed by atoms with Crippen LogP contribution in [0.25, 0.3) is 0 Å². The fourth-order valence-electron chi connectivity index (χ4n) is 2.34. The molecule has 2 rings (SSSR count). The number of halogens is 3. The summed E-state index contributed by atoms with van der Waals surface area (Å²) in [6.45, 7) is 0. The molecular weight excluding hydrogens is 263 g/mol. The van der Waals surface area contributed by atoms with Crippen molar-refractivity contribution in [2.75, 3.05) is 0 Å². The van der Waals surface area contributed by atoms with Crippen molar-refractivity contribution in [1.29, 1.82) is 0 Å². The molecule has 100 valence electrons. The van der Waals surface area contributed by atoms with Crippen molar-refractivity contribution >= 4 is 17.2 Å². The van der Waals surface area contributed by atoms with Crippen LogP contribution >= 0.6 is 11.3 Å². The molecule has 1 fully saturated rings. The van der Waals surface area contributed by atoms with Gasteiger partial charge in [-0.05, 0) is 24.3 Å². The van der Waals surface area contributed by atoms with Gasteiger partial charge in [0.05, 0.1) is 10.8 Å². The Labute approximate surface area is 107 Å². The number of carbonyl (C=O) groups is 1. The van der Waals surface area contributed by atoms with Crippen LogP contribution < -0.4 is 5.32 Å². The molecule has 2 unspecified atom stereocenters. The van der Waals surface area contributed by atoms with Gasteiger partial charge in [-0.1, -0.05) is 18.9 Å². The molecule has 0 aromatic carbocycles. The van der Waals surface area contributed by atoms with E-state index in [1.54, 1.807) is 17.5 Å². The Kier molecular flexibility index (Phi) is 3.94. The number of nitrogens with one attached hydrogen (secondary N) is 1. The van der Waals surface area contributed by atoms with E-state index in [0.717, 1.165) is 6.42 Å². The lowest BCUT2D eigenvalue weighted by Crippen LogP contribution is -2.47. The van der Waals surface area contributed by atoms with E-state index in [9.17, 15) is 18.0 Å². The van der Waals surface area contributed by atoms with Crippen molar-refractivity contribution in [3.05, 3.63) is 22.4 Å². The molecular formula is C12H14F3NOS. The number of alkyl halides is 3. The maximum Gasteiger partial charge on any atom is 0.393 e. The van der Waals surface area contributed by atoms with Gasteiger partial charge in [0.25, 0.3) is 5.91 Å². The highest BCUT2D eigenvalue weighted by Gasteiger charge is 2.45. The number of amides is 1. The number of hydrogen-bond donors (Lipinski definition) is 1. The van der Waals surface area contributed by atoms with Gasteiger partial charge in [0, 0.05) is 6.04 Å². The predicted octanol–water partition coefficient (Wildman–Crippen LogP) is 3.60. The van der Waals surface area contributed by atoms with E-state index in [-0.39, 0.29) is 6.42 Å². The standard InChI is InChI=1S/C12H14F3NOS/c13-12(14,15)8-4-1-2-5-9(8)16-11(17)10-6-3-7-18-10/h3,6-9H,1-2,4-5H2,(H,16,17). The number of carbonyl (C=O) groups excluding carboxylic acids is 1. The van der Waals surface area contributed by atoms with Gasteiger partial charge < -0.3 is 5.32 Å². The predicted molar refractivity (Wildman–Crippen MR) is 63.6 cm³/mol. The SMILES string of the molecule is O=C(NC1CCCCC1C(F)(F)F)c1cccs1. The Morgan fingerprint density at radius 2 is 2.06 bits per heavy atom. The van der Waals surface area contributed by atoms with Crippen LogP contribution in [0, 0.1) is 5.92 Å². The van der Waals surface area contributed by atoms with Gasteiger partial charge in [-0.25, -0.2) is 0 Å². The van der Waals surface area contributed by atoms with E-state index in [2.05, 4.69) is 5.32 Å². The van der Waals surface area contributed by atoms with E-state index in [1.807, 2.05) is 0 Å². The first kappa shape index (κ1) is 13.4. The fraction of sp³-hybridized carbons (Fsp3) is 0.583. The summed E-state index contributed by atoms with van der Waals surface area (Å²) in [5.41, 5.74) is 0. The van der Waals surface area contributed by atoms with Crippen molar-refractivity contribution < 1.29 is 18.0 Å². The molecule has 1 aliphatic carbocycles. The Hall–Kier alpha value is -1.04. The molecule has 1 aromatic heterocycles. The van der Waals surface area contributed by atoms with Crippen LogP contribution in [0.3, 0.4) is 0 Å². The van der Waals surface area contributed by atoms with Gasteiger partial charge in [-0.15, -0.1) is 11.3 Å². The van der Waals surface area contributed by atoms with Crippen molar-refractivity contribution in [3.63, 3.8) is 0 Å². The monoisotopic (exact) mass is 277 g/mol. The topological polar surface area (TPSA) is 29.1 Å². The van der Waals surface area contributed by atoms with Crippen LogP contribution in [0.5, 0.6) is 0 Å². The molecule has 0 saturated heterocycles. The summed E-state index contributed by atoms with van der Waals surface area (Å²) in [5, 5.41) is 4.26. The Morgan fingerprint density at radius 1 is 1.33 bits per heavy atom. The second-order valence-electron chi connectivity index (χ2n) is 4.49. The summed E-state index contributed by atoms with van der Waals surface area (Å²) in [4.78, 5) is 12.2. The second-order valence-corrected chi connectivity index (χ2v) is 5.44. The lowest BCUT2D eigenvalue weighted by Gasteiger charge is -2.33. The van der Waals surface area contributed by atoms with Gasteiger partial charge in [-0.3, -0.25) is 4.79 Å². The number of thiophene rings is 1. The van der Waals surface area contributed by atoms with Gasteiger partial charge in [0.1, 0.15) is 0 Å². The van der Waals surface area contributed by atoms with Crippen molar-refractivity contribution in [2.45, 2.75) is 37.9 Å². The lowest BCUT2D eigenvalue weighted by atomic mass is 9.84. The molecule has 0 aliphatic heterocycles. The molecule has 1 heterocycles. The van der Waals surface area contributed by atoms with E-state index in [0.29, 0.717) is 17.7 Å². The van der Waals surface area contributed by atoms with Gasteiger partial charge in [0.15, 0.2) is 0 Å². The van der Waals surface area contributed by atoms with Crippen LogP contribution in [0.15, 0.2) is 17.5 Å². The van der Waals surface area contributed by atoms with Crippen LogP contribution in [0.1, 0.15) is 35.4 Å². The highest BCUT2D eigenvalue weighted by molar-refractivity contribution is 7.12. The Bertz CT molecular complexity index is 402. The second kappa shape index (κ2) is 5.30. The Morgan fingerprint density at radius 3 is 2.67 bits per heavy atom. The minimum atomic E-state index is -4.23. The fourth-order valence-corrected chi connectivity index (χ4v) is 2.97. The average molecular weight is 277 g/mol. The van der Waals surface area contributed by atoms with Crippen LogP contribution in [-0.2, 0) is 0 Å². The third-order valence-corrected chi connectivity index (χ3v) is 4.12. The van der Waals surface area contributed by atoms with Gasteiger partial charge in [-0.2, -0.15) is 13.2 Å². The first-order chi connectivity index (χ1) is 8.48. The maximum absolute atomic E-state index is 12.8. The van der Waals surface area contributed by atoms with Gasteiger partial charge in [0.2, 0.25) is 0 Å². The molecule has 1 amide bonds. The zero-order chi connectivity index (χ0) is 13.2. The minimum absolute atomic E-state index is 0.110. The molecule has 1 N–H and O–H groups in total. The van der Waals surface area contributed by atoms with Crippen molar-refractivity contribution in [3.8, 4) is 0 Å². The first-order valence-electron chi connectivity index (χ1n) is 5.89.